The Bertz CT molecular complexity index is 658. The summed E-state index contributed by atoms with van der Waals surface area (Å²) >= 11 is 1.55. The van der Waals surface area contributed by atoms with Crippen LogP contribution in [0.25, 0.3) is 0 Å². The molecule has 0 aliphatic heterocycles. The molecule has 23 heavy (non-hydrogen) atoms. The van der Waals surface area contributed by atoms with Gasteiger partial charge in [-0.2, -0.15) is 11.3 Å². The quantitative estimate of drug-likeness (QED) is 0.794. The van der Waals surface area contributed by atoms with E-state index in [4.69, 9.17) is 9.47 Å². The van der Waals surface area contributed by atoms with E-state index in [0.717, 1.165) is 5.56 Å². The van der Waals surface area contributed by atoms with E-state index in [1.807, 2.05) is 16.8 Å². The molecule has 122 valence electrons. The van der Waals surface area contributed by atoms with Gasteiger partial charge in [-0.1, -0.05) is 6.07 Å². The number of ether oxygens (including phenoxy) is 2. The molecule has 6 nitrogen and oxygen atoms in total. The lowest BCUT2D eigenvalue weighted by atomic mass is 10.2. The Labute approximate surface area is 138 Å². The molecule has 0 radical (unpaired) electrons. The Kier molecular flexibility index (Phi) is 6.13. The smallest absolute Gasteiger partial charge is 0.313 e. The standard InChI is InChI=1S/C16H18N2O4S/c1-21-13-5-3-4-12(8-13)18-16(20)15(19)17-9-14(22-2)11-6-7-23-10-11/h3-8,10,14H,9H2,1-2H3,(H,17,19)(H,18,20). The van der Waals surface area contributed by atoms with Gasteiger partial charge in [0.25, 0.3) is 0 Å². The van der Waals surface area contributed by atoms with E-state index in [1.165, 1.54) is 7.11 Å². The summed E-state index contributed by atoms with van der Waals surface area (Å²) in [6.45, 7) is 0.220. The Morgan fingerprint density at radius 1 is 1.22 bits per heavy atom. The molecule has 0 spiro atoms. The van der Waals surface area contributed by atoms with Crippen LogP contribution in [0.15, 0.2) is 41.1 Å². The van der Waals surface area contributed by atoms with Crippen molar-refractivity contribution in [3.8, 4) is 5.75 Å². The monoisotopic (exact) mass is 334 g/mol. The van der Waals surface area contributed by atoms with Gasteiger partial charge in [0.2, 0.25) is 0 Å². The van der Waals surface area contributed by atoms with Crippen LogP contribution in [0.3, 0.4) is 0 Å². The van der Waals surface area contributed by atoms with Crippen molar-refractivity contribution in [2.75, 3.05) is 26.1 Å². The van der Waals surface area contributed by atoms with Crippen molar-refractivity contribution in [3.63, 3.8) is 0 Å². The number of amides is 2. The minimum absolute atomic E-state index is 0.220. The van der Waals surface area contributed by atoms with Crippen LogP contribution in [-0.2, 0) is 14.3 Å². The van der Waals surface area contributed by atoms with Crippen molar-refractivity contribution in [2.24, 2.45) is 0 Å². The van der Waals surface area contributed by atoms with Crippen LogP contribution in [0, 0.1) is 0 Å². The number of hydrogen-bond acceptors (Lipinski definition) is 5. The number of methoxy groups -OCH3 is 2. The Morgan fingerprint density at radius 3 is 2.70 bits per heavy atom. The lowest BCUT2D eigenvalue weighted by Crippen LogP contribution is -2.37. The molecule has 0 aliphatic carbocycles. The number of rotatable bonds is 6. The van der Waals surface area contributed by atoms with Crippen LogP contribution >= 0.6 is 11.3 Å². The summed E-state index contributed by atoms with van der Waals surface area (Å²) in [5.41, 5.74) is 1.46. The third-order valence-corrected chi connectivity index (χ3v) is 3.88. The Balaban J connectivity index is 1.88. The van der Waals surface area contributed by atoms with Gasteiger partial charge >= 0.3 is 11.8 Å². The largest absolute Gasteiger partial charge is 0.497 e. The molecule has 2 rings (SSSR count). The molecule has 7 heteroatoms. The lowest BCUT2D eigenvalue weighted by Gasteiger charge is -2.14. The van der Waals surface area contributed by atoms with Crippen molar-refractivity contribution >= 4 is 28.8 Å². The number of anilines is 1. The lowest BCUT2D eigenvalue weighted by molar-refractivity contribution is -0.136. The zero-order valence-corrected chi connectivity index (χ0v) is 13.7. The van der Waals surface area contributed by atoms with Crippen LogP contribution in [-0.4, -0.2) is 32.6 Å². The number of carbonyl (C=O) groups excluding carboxylic acids is 2. The van der Waals surface area contributed by atoms with Gasteiger partial charge in [-0.15, -0.1) is 0 Å². The number of thiophene rings is 1. The molecular weight excluding hydrogens is 316 g/mol. The molecule has 0 saturated carbocycles. The van der Waals surface area contributed by atoms with Crippen molar-refractivity contribution in [3.05, 3.63) is 46.7 Å². The molecule has 1 aromatic heterocycles. The van der Waals surface area contributed by atoms with Crippen LogP contribution in [0.5, 0.6) is 5.75 Å². The number of hydrogen-bond donors (Lipinski definition) is 2. The van der Waals surface area contributed by atoms with Crippen LogP contribution in [0.1, 0.15) is 11.7 Å². The summed E-state index contributed by atoms with van der Waals surface area (Å²) in [6, 6.07) is 8.70. The second kappa shape index (κ2) is 8.30. The first kappa shape index (κ1) is 17.0. The first-order valence-electron chi connectivity index (χ1n) is 6.92. The van der Waals surface area contributed by atoms with E-state index in [0.29, 0.717) is 11.4 Å². The second-order valence-corrected chi connectivity index (χ2v) is 5.46. The molecule has 2 amide bonds. The molecule has 0 aliphatic rings. The normalized spacial score (nSPS) is 11.6. The highest BCUT2D eigenvalue weighted by Gasteiger charge is 2.17. The van der Waals surface area contributed by atoms with Crippen LogP contribution in [0.4, 0.5) is 5.69 Å². The maximum Gasteiger partial charge on any atom is 0.313 e. The summed E-state index contributed by atoms with van der Waals surface area (Å²) in [5.74, 6) is -0.858. The third kappa shape index (κ3) is 4.80. The third-order valence-electron chi connectivity index (χ3n) is 3.18. The zero-order valence-electron chi connectivity index (χ0n) is 12.9. The molecule has 2 aromatic rings. The molecule has 2 N–H and O–H groups in total. The molecule has 1 heterocycles. The summed E-state index contributed by atoms with van der Waals surface area (Å²) in [5, 5.41) is 8.96. The summed E-state index contributed by atoms with van der Waals surface area (Å²) < 4.78 is 10.4. The van der Waals surface area contributed by atoms with Crippen LogP contribution < -0.4 is 15.4 Å². The van der Waals surface area contributed by atoms with Gasteiger partial charge in [0, 0.05) is 25.4 Å². The van der Waals surface area contributed by atoms with Crippen molar-refractivity contribution in [1.29, 1.82) is 0 Å². The van der Waals surface area contributed by atoms with E-state index in [-0.39, 0.29) is 12.6 Å². The summed E-state index contributed by atoms with van der Waals surface area (Å²) in [6.07, 6.45) is -0.283. The summed E-state index contributed by atoms with van der Waals surface area (Å²) in [7, 11) is 3.09. The summed E-state index contributed by atoms with van der Waals surface area (Å²) in [4.78, 5) is 23.8. The number of carbonyl (C=O) groups is 2. The molecule has 1 aromatic carbocycles. The minimum Gasteiger partial charge on any atom is -0.497 e. The number of nitrogens with one attached hydrogen (secondary N) is 2. The van der Waals surface area contributed by atoms with E-state index in [9.17, 15) is 9.59 Å². The van der Waals surface area contributed by atoms with Gasteiger partial charge in [-0.3, -0.25) is 9.59 Å². The topological polar surface area (TPSA) is 76.7 Å². The van der Waals surface area contributed by atoms with Gasteiger partial charge in [-0.25, -0.2) is 0 Å². The second-order valence-electron chi connectivity index (χ2n) is 4.68. The van der Waals surface area contributed by atoms with Gasteiger partial charge in [0.05, 0.1) is 7.11 Å². The first-order chi connectivity index (χ1) is 11.1. The molecule has 1 unspecified atom stereocenters. The maximum absolute atomic E-state index is 11.9. The highest BCUT2D eigenvalue weighted by Crippen LogP contribution is 2.19. The Hall–Kier alpha value is -2.38. The fraction of sp³-hybridized carbons (Fsp3) is 0.250. The van der Waals surface area contributed by atoms with Crippen molar-refractivity contribution < 1.29 is 19.1 Å². The first-order valence-corrected chi connectivity index (χ1v) is 7.86. The zero-order chi connectivity index (χ0) is 16.7. The molecule has 1 atom stereocenters. The van der Waals surface area contributed by atoms with Crippen molar-refractivity contribution in [2.45, 2.75) is 6.10 Å². The fourth-order valence-corrected chi connectivity index (χ4v) is 2.65. The van der Waals surface area contributed by atoms with Gasteiger partial charge < -0.3 is 20.1 Å². The van der Waals surface area contributed by atoms with E-state index in [2.05, 4.69) is 10.6 Å². The maximum atomic E-state index is 11.9. The highest BCUT2D eigenvalue weighted by molar-refractivity contribution is 7.07. The van der Waals surface area contributed by atoms with Gasteiger partial charge in [0.1, 0.15) is 11.9 Å². The van der Waals surface area contributed by atoms with Crippen LogP contribution in [0.2, 0.25) is 0 Å². The van der Waals surface area contributed by atoms with Crippen molar-refractivity contribution in [1.82, 2.24) is 5.32 Å². The Morgan fingerprint density at radius 2 is 2.04 bits per heavy atom. The van der Waals surface area contributed by atoms with E-state index in [1.54, 1.807) is 42.7 Å². The van der Waals surface area contributed by atoms with Gasteiger partial charge in [0.15, 0.2) is 0 Å². The predicted molar refractivity (Wildman–Crippen MR) is 88.7 cm³/mol. The number of benzene rings is 1. The van der Waals surface area contributed by atoms with Gasteiger partial charge in [-0.05, 0) is 34.5 Å². The molecule has 0 fully saturated rings. The molecular formula is C16H18N2O4S. The van der Waals surface area contributed by atoms with E-state index >= 15 is 0 Å². The average Bonchev–Trinajstić information content (AvgIpc) is 3.09. The minimum atomic E-state index is -0.738. The SMILES string of the molecule is COc1cccc(NC(=O)C(=O)NCC(OC)c2ccsc2)c1. The predicted octanol–water partition coefficient (Wildman–Crippen LogP) is 2.20. The molecule has 0 saturated heterocycles. The average molecular weight is 334 g/mol. The van der Waals surface area contributed by atoms with E-state index < -0.39 is 11.8 Å². The molecule has 0 bridgehead atoms. The fourth-order valence-electron chi connectivity index (χ4n) is 1.95. The highest BCUT2D eigenvalue weighted by atomic mass is 32.1.